The lowest BCUT2D eigenvalue weighted by atomic mass is 10.1. The largest absolute Gasteiger partial charge is 0.386 e. The van der Waals surface area contributed by atoms with Crippen LogP contribution in [0.2, 0.25) is 0 Å². The van der Waals surface area contributed by atoms with Gasteiger partial charge in [0.25, 0.3) is 5.91 Å². The second-order valence-corrected chi connectivity index (χ2v) is 9.73. The maximum absolute atomic E-state index is 13.0. The van der Waals surface area contributed by atoms with Crippen LogP contribution in [0.15, 0.2) is 70.0 Å². The van der Waals surface area contributed by atoms with Crippen LogP contribution >= 0.6 is 11.3 Å². The van der Waals surface area contributed by atoms with E-state index >= 15 is 0 Å². The summed E-state index contributed by atoms with van der Waals surface area (Å²) < 4.78 is 27.4. The fraction of sp³-hybridized carbons (Fsp3) is 0.238. The lowest BCUT2D eigenvalue weighted by molar-refractivity contribution is -0.137. The van der Waals surface area contributed by atoms with E-state index in [0.29, 0.717) is 13.1 Å². The lowest BCUT2D eigenvalue weighted by Gasteiger charge is -2.33. The number of fused-ring (bicyclic) bond motifs is 1. The van der Waals surface area contributed by atoms with Gasteiger partial charge in [0, 0.05) is 31.1 Å². The predicted molar refractivity (Wildman–Crippen MR) is 117 cm³/mol. The van der Waals surface area contributed by atoms with Gasteiger partial charge < -0.3 is 9.74 Å². The highest BCUT2D eigenvalue weighted by atomic mass is 32.2. The van der Waals surface area contributed by atoms with Crippen molar-refractivity contribution >= 4 is 44.3 Å². The zero-order chi connectivity index (χ0) is 21.0. The number of nitrogens with zero attached hydrogens (tertiary/aromatic N) is 3. The minimum atomic E-state index is -3.61. The summed E-state index contributed by atoms with van der Waals surface area (Å²) in [7, 11) is -3.61. The molecule has 3 aromatic rings. The summed E-state index contributed by atoms with van der Waals surface area (Å²) >= 11 is 1.52. The van der Waals surface area contributed by atoms with E-state index in [9.17, 15) is 13.2 Å². The van der Waals surface area contributed by atoms with Gasteiger partial charge in [-0.2, -0.15) is 4.31 Å². The molecule has 1 aliphatic heterocycles. The van der Waals surface area contributed by atoms with Gasteiger partial charge in [-0.3, -0.25) is 4.79 Å². The molecule has 1 amide bonds. The van der Waals surface area contributed by atoms with Crippen LogP contribution in [0.5, 0.6) is 0 Å². The van der Waals surface area contributed by atoms with Crippen molar-refractivity contribution in [2.45, 2.75) is 4.90 Å². The monoisotopic (exact) mass is 443 g/mol. The van der Waals surface area contributed by atoms with Gasteiger partial charge in [-0.05, 0) is 34.4 Å². The number of hydrogen-bond donors (Lipinski definition) is 0. The Kier molecular flexibility index (Phi) is 6.12. The Morgan fingerprint density at radius 2 is 1.80 bits per heavy atom. The second-order valence-electron chi connectivity index (χ2n) is 6.82. The van der Waals surface area contributed by atoms with Crippen molar-refractivity contribution in [2.24, 2.45) is 5.16 Å². The van der Waals surface area contributed by atoms with Gasteiger partial charge in [-0.25, -0.2) is 8.42 Å². The Morgan fingerprint density at radius 1 is 1.03 bits per heavy atom. The van der Waals surface area contributed by atoms with Gasteiger partial charge in [0.1, 0.15) is 0 Å². The molecule has 2 aromatic carbocycles. The highest BCUT2D eigenvalue weighted by molar-refractivity contribution is 7.89. The molecule has 4 rings (SSSR count). The number of oxime groups is 1. The number of piperazine rings is 1. The number of thiophene rings is 1. The van der Waals surface area contributed by atoms with Crippen molar-refractivity contribution in [2.75, 3.05) is 32.8 Å². The molecule has 2 heterocycles. The van der Waals surface area contributed by atoms with Crippen molar-refractivity contribution < 1.29 is 18.0 Å². The Hall–Kier alpha value is -2.75. The average Bonchev–Trinajstić information content (AvgIpc) is 3.30. The van der Waals surface area contributed by atoms with Crippen LogP contribution in [-0.2, 0) is 19.7 Å². The van der Waals surface area contributed by atoms with Crippen LogP contribution in [0.25, 0.3) is 10.8 Å². The maximum Gasteiger partial charge on any atom is 0.263 e. The molecule has 30 heavy (non-hydrogen) atoms. The molecule has 0 bridgehead atoms. The van der Waals surface area contributed by atoms with Crippen LogP contribution in [0, 0.1) is 0 Å². The van der Waals surface area contributed by atoms with Gasteiger partial charge in [0.05, 0.1) is 11.1 Å². The van der Waals surface area contributed by atoms with Crippen LogP contribution < -0.4 is 0 Å². The van der Waals surface area contributed by atoms with Gasteiger partial charge in [0.15, 0.2) is 6.61 Å². The number of sulfonamides is 1. The molecule has 0 aliphatic carbocycles. The van der Waals surface area contributed by atoms with Crippen molar-refractivity contribution in [1.82, 2.24) is 9.21 Å². The summed E-state index contributed by atoms with van der Waals surface area (Å²) in [5, 5.41) is 7.60. The van der Waals surface area contributed by atoms with Gasteiger partial charge >= 0.3 is 0 Å². The number of rotatable bonds is 6. The van der Waals surface area contributed by atoms with Crippen LogP contribution in [0.1, 0.15) is 4.88 Å². The van der Waals surface area contributed by atoms with E-state index < -0.39 is 10.0 Å². The Bertz CT molecular complexity index is 1150. The van der Waals surface area contributed by atoms with Crippen LogP contribution in [0.4, 0.5) is 0 Å². The number of amides is 1. The molecule has 1 aliphatic rings. The normalized spacial score (nSPS) is 15.7. The van der Waals surface area contributed by atoms with Crippen molar-refractivity contribution in [3.05, 3.63) is 64.9 Å². The molecule has 0 unspecified atom stereocenters. The second kappa shape index (κ2) is 8.95. The zero-order valence-electron chi connectivity index (χ0n) is 16.2. The van der Waals surface area contributed by atoms with E-state index in [-0.39, 0.29) is 30.5 Å². The third-order valence-electron chi connectivity index (χ3n) is 4.94. The number of carbonyl (C=O) groups excluding carboxylic acids is 1. The first-order valence-electron chi connectivity index (χ1n) is 9.49. The molecule has 0 spiro atoms. The first-order chi connectivity index (χ1) is 14.5. The molecule has 0 atom stereocenters. The Balaban J connectivity index is 1.33. The smallest absolute Gasteiger partial charge is 0.263 e. The van der Waals surface area contributed by atoms with E-state index in [1.54, 1.807) is 23.2 Å². The standard InChI is InChI=1S/C21H21N3O4S2/c25-21(16-28-22-15-19-6-3-13-29-19)23-9-11-24(12-10-23)30(26,27)20-8-7-17-4-1-2-5-18(17)14-20/h1-8,13-15H,9-12,16H2/b22-15+. The molecule has 0 radical (unpaired) electrons. The Morgan fingerprint density at radius 3 is 2.53 bits per heavy atom. The van der Waals surface area contributed by atoms with Crippen LogP contribution in [0.3, 0.4) is 0 Å². The predicted octanol–water partition coefficient (Wildman–Crippen LogP) is 2.78. The van der Waals surface area contributed by atoms with E-state index in [0.717, 1.165) is 15.6 Å². The fourth-order valence-corrected chi connectivity index (χ4v) is 5.33. The van der Waals surface area contributed by atoms with Crippen molar-refractivity contribution in [3.63, 3.8) is 0 Å². The molecule has 0 N–H and O–H groups in total. The van der Waals surface area contributed by atoms with Crippen molar-refractivity contribution in [3.8, 4) is 0 Å². The summed E-state index contributed by atoms with van der Waals surface area (Å²) in [5.74, 6) is -0.207. The average molecular weight is 444 g/mol. The molecular formula is C21H21N3O4S2. The summed E-state index contributed by atoms with van der Waals surface area (Å²) in [6.07, 6.45) is 1.56. The highest BCUT2D eigenvalue weighted by Gasteiger charge is 2.30. The maximum atomic E-state index is 13.0. The minimum Gasteiger partial charge on any atom is -0.386 e. The molecule has 1 aromatic heterocycles. The first-order valence-corrected chi connectivity index (χ1v) is 11.8. The molecule has 1 saturated heterocycles. The summed E-state index contributed by atoms with van der Waals surface area (Å²) in [4.78, 5) is 20.2. The molecular weight excluding hydrogens is 422 g/mol. The quantitative estimate of drug-likeness (QED) is 0.434. The first kappa shape index (κ1) is 20.5. The molecule has 7 nitrogen and oxygen atoms in total. The molecule has 0 saturated carbocycles. The number of carbonyl (C=O) groups is 1. The third kappa shape index (κ3) is 4.53. The SMILES string of the molecule is O=C(CO/N=C/c1cccs1)N1CCN(S(=O)(=O)c2ccc3ccccc3c2)CC1. The highest BCUT2D eigenvalue weighted by Crippen LogP contribution is 2.22. The molecule has 156 valence electrons. The summed E-state index contributed by atoms with van der Waals surface area (Å²) in [6, 6.07) is 16.6. The third-order valence-corrected chi connectivity index (χ3v) is 7.64. The van der Waals surface area contributed by atoms with Gasteiger partial charge in [0.2, 0.25) is 10.0 Å². The topological polar surface area (TPSA) is 79.3 Å². The Labute approximate surface area is 179 Å². The molecule has 1 fully saturated rings. The summed E-state index contributed by atoms with van der Waals surface area (Å²) in [5.41, 5.74) is 0. The minimum absolute atomic E-state index is 0.167. The van der Waals surface area contributed by atoms with Gasteiger partial charge in [-0.1, -0.05) is 41.6 Å². The fourth-order valence-electron chi connectivity index (χ4n) is 3.29. The van der Waals surface area contributed by atoms with Crippen LogP contribution in [-0.4, -0.2) is 62.5 Å². The van der Waals surface area contributed by atoms with E-state index in [4.69, 9.17) is 4.84 Å². The van der Waals surface area contributed by atoms with E-state index in [2.05, 4.69) is 5.16 Å². The van der Waals surface area contributed by atoms with Gasteiger partial charge in [-0.15, -0.1) is 11.3 Å². The molecule has 9 heteroatoms. The van der Waals surface area contributed by atoms with E-state index in [1.807, 2.05) is 47.8 Å². The van der Waals surface area contributed by atoms with Crippen molar-refractivity contribution in [1.29, 1.82) is 0 Å². The summed E-state index contributed by atoms with van der Waals surface area (Å²) in [6.45, 7) is 0.977. The number of hydrogen-bond acceptors (Lipinski definition) is 6. The number of benzene rings is 2. The lowest BCUT2D eigenvalue weighted by Crippen LogP contribution is -2.51. The van der Waals surface area contributed by atoms with E-state index in [1.165, 1.54) is 15.6 Å². The zero-order valence-corrected chi connectivity index (χ0v) is 17.8.